The van der Waals surface area contributed by atoms with Crippen LogP contribution in [0.3, 0.4) is 0 Å². The largest absolute Gasteiger partial charge is 0.366 e. The molecule has 1 heterocycles. The highest BCUT2D eigenvalue weighted by Crippen LogP contribution is 2.25. The molecule has 0 radical (unpaired) electrons. The second-order valence-corrected chi connectivity index (χ2v) is 7.03. The summed E-state index contributed by atoms with van der Waals surface area (Å²) >= 11 is 11.9. The van der Waals surface area contributed by atoms with Crippen LogP contribution in [0, 0.1) is 0 Å². The summed E-state index contributed by atoms with van der Waals surface area (Å²) < 4.78 is 0. The average Bonchev–Trinajstić information content (AvgIpc) is 3.13. The minimum absolute atomic E-state index is 0.152. The highest BCUT2D eigenvalue weighted by Gasteiger charge is 2.12. The highest BCUT2D eigenvalue weighted by atomic mass is 35.5. The van der Waals surface area contributed by atoms with Crippen molar-refractivity contribution in [3.05, 3.63) is 87.4 Å². The Morgan fingerprint density at radius 1 is 0.821 bits per heavy atom. The normalized spacial score (nSPS) is 10.9. The van der Waals surface area contributed by atoms with Crippen LogP contribution in [0.1, 0.15) is 26.3 Å². The third-order valence-electron chi connectivity index (χ3n) is 4.37. The summed E-state index contributed by atoms with van der Waals surface area (Å²) in [5.74, 6) is -0.0254. The number of amides is 1. The first-order valence-corrected chi connectivity index (χ1v) is 9.08. The van der Waals surface area contributed by atoms with Crippen molar-refractivity contribution in [1.82, 2.24) is 9.97 Å². The number of fused-ring (bicyclic) bond motifs is 1. The van der Waals surface area contributed by atoms with Gasteiger partial charge in [0.2, 0.25) is 5.91 Å². The number of ketones is 1. The lowest BCUT2D eigenvalue weighted by Gasteiger charge is -2.04. The van der Waals surface area contributed by atoms with Crippen molar-refractivity contribution in [2.24, 2.45) is 5.73 Å². The Balaban J connectivity index is 1.64. The fourth-order valence-corrected chi connectivity index (χ4v) is 3.18. The Morgan fingerprint density at radius 3 is 2.18 bits per heavy atom. The number of nitrogens with two attached hydrogens (primary N) is 1. The topological polar surface area (TPSA) is 88.8 Å². The van der Waals surface area contributed by atoms with Gasteiger partial charge in [-0.3, -0.25) is 9.59 Å². The van der Waals surface area contributed by atoms with E-state index < -0.39 is 5.91 Å². The summed E-state index contributed by atoms with van der Waals surface area (Å²) in [6.07, 6.45) is 0. The van der Waals surface area contributed by atoms with Crippen molar-refractivity contribution in [3.8, 4) is 11.4 Å². The molecule has 4 rings (SSSR count). The van der Waals surface area contributed by atoms with Crippen molar-refractivity contribution in [3.63, 3.8) is 0 Å². The van der Waals surface area contributed by atoms with Gasteiger partial charge in [-0.2, -0.15) is 0 Å². The lowest BCUT2D eigenvalue weighted by atomic mass is 10.0. The van der Waals surface area contributed by atoms with E-state index in [0.29, 0.717) is 38.1 Å². The Hall–Kier alpha value is -3.15. The molecule has 0 aliphatic heterocycles. The molecule has 0 saturated heterocycles. The minimum Gasteiger partial charge on any atom is -0.366 e. The Bertz CT molecular complexity index is 1230. The van der Waals surface area contributed by atoms with Crippen LogP contribution in [0.25, 0.3) is 22.4 Å². The molecular weight excluding hydrogens is 397 g/mol. The molecule has 28 heavy (non-hydrogen) atoms. The van der Waals surface area contributed by atoms with Gasteiger partial charge in [-0.1, -0.05) is 47.5 Å². The summed E-state index contributed by atoms with van der Waals surface area (Å²) in [6, 6.07) is 16.9. The third kappa shape index (κ3) is 3.38. The smallest absolute Gasteiger partial charge is 0.248 e. The van der Waals surface area contributed by atoms with Crippen LogP contribution >= 0.6 is 23.2 Å². The lowest BCUT2D eigenvalue weighted by Crippen LogP contribution is -2.10. The molecule has 3 N–H and O–H groups in total. The summed E-state index contributed by atoms with van der Waals surface area (Å²) in [4.78, 5) is 31.6. The first kappa shape index (κ1) is 18.2. The van der Waals surface area contributed by atoms with Crippen molar-refractivity contribution in [1.29, 1.82) is 0 Å². The van der Waals surface area contributed by atoms with Crippen LogP contribution in [-0.4, -0.2) is 21.7 Å². The van der Waals surface area contributed by atoms with E-state index in [-0.39, 0.29) is 5.78 Å². The van der Waals surface area contributed by atoms with Crippen LogP contribution in [0.2, 0.25) is 10.0 Å². The molecule has 0 saturated carbocycles. The number of nitrogens with one attached hydrogen (secondary N) is 1. The molecule has 1 amide bonds. The van der Waals surface area contributed by atoms with Gasteiger partial charge in [-0.25, -0.2) is 4.98 Å². The predicted molar refractivity (Wildman–Crippen MR) is 110 cm³/mol. The van der Waals surface area contributed by atoms with Gasteiger partial charge in [0.1, 0.15) is 5.82 Å². The number of benzene rings is 3. The van der Waals surface area contributed by atoms with Gasteiger partial charge in [0.15, 0.2) is 5.78 Å². The predicted octanol–water partition coefficient (Wildman–Crippen LogP) is 4.87. The SMILES string of the molecule is NC(=O)c1ccc2[nH]c(-c3ccc(C(=O)c4ccc(Cl)c(Cl)c4)cc3)nc2c1. The monoisotopic (exact) mass is 409 g/mol. The number of primary amides is 1. The van der Waals surface area contributed by atoms with E-state index >= 15 is 0 Å². The van der Waals surface area contributed by atoms with Gasteiger partial charge in [0, 0.05) is 22.3 Å². The molecule has 5 nitrogen and oxygen atoms in total. The molecule has 0 fully saturated rings. The van der Waals surface area contributed by atoms with E-state index in [1.807, 2.05) is 0 Å². The zero-order valence-corrected chi connectivity index (χ0v) is 15.9. The number of imidazole rings is 1. The molecule has 138 valence electrons. The first-order chi connectivity index (χ1) is 13.4. The van der Waals surface area contributed by atoms with E-state index in [0.717, 1.165) is 11.1 Å². The fourth-order valence-electron chi connectivity index (χ4n) is 2.88. The van der Waals surface area contributed by atoms with Crippen LogP contribution in [-0.2, 0) is 0 Å². The molecule has 4 aromatic rings. The maximum atomic E-state index is 12.6. The van der Waals surface area contributed by atoms with Gasteiger partial charge >= 0.3 is 0 Å². The number of aromatic amines is 1. The van der Waals surface area contributed by atoms with Crippen molar-refractivity contribution >= 4 is 45.9 Å². The zero-order valence-electron chi connectivity index (χ0n) is 14.4. The fraction of sp³-hybridized carbons (Fsp3) is 0. The van der Waals surface area contributed by atoms with E-state index in [1.54, 1.807) is 60.7 Å². The molecule has 0 bridgehead atoms. The van der Waals surface area contributed by atoms with Crippen LogP contribution in [0.5, 0.6) is 0 Å². The Labute approximate surface area is 170 Å². The minimum atomic E-state index is -0.503. The van der Waals surface area contributed by atoms with Crippen molar-refractivity contribution in [2.75, 3.05) is 0 Å². The number of H-pyrrole nitrogens is 1. The number of carbonyl (C=O) groups is 2. The summed E-state index contributed by atoms with van der Waals surface area (Å²) in [6.45, 7) is 0. The van der Waals surface area contributed by atoms with Crippen molar-refractivity contribution in [2.45, 2.75) is 0 Å². The molecule has 1 aromatic heterocycles. The third-order valence-corrected chi connectivity index (χ3v) is 5.11. The Kier molecular flexibility index (Phi) is 4.63. The first-order valence-electron chi connectivity index (χ1n) is 8.32. The quantitative estimate of drug-likeness (QED) is 0.471. The number of hydrogen-bond donors (Lipinski definition) is 2. The summed E-state index contributed by atoms with van der Waals surface area (Å²) in [5, 5.41) is 0.736. The summed E-state index contributed by atoms with van der Waals surface area (Å²) in [5.41, 5.74) is 8.93. The van der Waals surface area contributed by atoms with Gasteiger partial charge in [-0.15, -0.1) is 0 Å². The molecule has 0 aliphatic carbocycles. The zero-order chi connectivity index (χ0) is 19.8. The Morgan fingerprint density at radius 2 is 1.50 bits per heavy atom. The second-order valence-electron chi connectivity index (χ2n) is 6.22. The van der Waals surface area contributed by atoms with E-state index in [1.165, 1.54) is 0 Å². The molecule has 7 heteroatoms. The summed E-state index contributed by atoms with van der Waals surface area (Å²) in [7, 11) is 0. The number of halogens is 2. The van der Waals surface area contributed by atoms with E-state index in [4.69, 9.17) is 28.9 Å². The molecule has 0 aliphatic rings. The average molecular weight is 410 g/mol. The van der Waals surface area contributed by atoms with Crippen LogP contribution in [0.15, 0.2) is 60.7 Å². The maximum absolute atomic E-state index is 12.6. The highest BCUT2D eigenvalue weighted by molar-refractivity contribution is 6.42. The second kappa shape index (κ2) is 7.11. The van der Waals surface area contributed by atoms with Gasteiger partial charge in [-0.05, 0) is 36.4 Å². The van der Waals surface area contributed by atoms with Gasteiger partial charge in [0.05, 0.1) is 21.1 Å². The van der Waals surface area contributed by atoms with Crippen LogP contribution < -0.4 is 5.73 Å². The number of hydrogen-bond acceptors (Lipinski definition) is 3. The van der Waals surface area contributed by atoms with E-state index in [9.17, 15) is 9.59 Å². The van der Waals surface area contributed by atoms with Crippen molar-refractivity contribution < 1.29 is 9.59 Å². The van der Waals surface area contributed by atoms with Crippen LogP contribution in [0.4, 0.5) is 0 Å². The molecule has 3 aromatic carbocycles. The van der Waals surface area contributed by atoms with Gasteiger partial charge in [0.25, 0.3) is 0 Å². The number of carbonyl (C=O) groups excluding carboxylic acids is 2. The maximum Gasteiger partial charge on any atom is 0.248 e. The van der Waals surface area contributed by atoms with E-state index in [2.05, 4.69) is 9.97 Å². The number of aromatic nitrogens is 2. The molecule has 0 unspecified atom stereocenters. The molecule has 0 atom stereocenters. The standard InChI is InChI=1S/C21H13Cl2N3O2/c22-15-7-5-13(9-16(15)23)19(27)11-1-3-12(4-2-11)21-25-17-8-6-14(20(24)28)10-18(17)26-21/h1-10H,(H2,24,28)(H,25,26). The number of nitrogens with zero attached hydrogens (tertiary/aromatic N) is 1. The molecule has 0 spiro atoms. The number of rotatable bonds is 4. The molecular formula is C21H13Cl2N3O2. The lowest BCUT2D eigenvalue weighted by molar-refractivity contribution is 0.0998. The van der Waals surface area contributed by atoms with Gasteiger partial charge < -0.3 is 10.7 Å².